The maximum Gasteiger partial charge on any atom is 0.323 e. The highest BCUT2D eigenvalue weighted by Gasteiger charge is 2.24. The molecule has 0 saturated heterocycles. The summed E-state index contributed by atoms with van der Waals surface area (Å²) in [5, 5.41) is 46.2. The van der Waals surface area contributed by atoms with Crippen molar-refractivity contribution in [1.29, 1.82) is 0 Å². The number of fused-ring (bicyclic) bond motifs is 2. The predicted octanol–water partition coefficient (Wildman–Crippen LogP) is 7.98. The average molecular weight is 770 g/mol. The number of azo groups is 2. The number of phenolic OH excluding ortho intramolecular Hbond substituents is 2. The molecule has 2 amide bonds. The first-order chi connectivity index (χ1) is 25.7. The molecule has 17 nitrogen and oxygen atoms in total. The summed E-state index contributed by atoms with van der Waals surface area (Å²) in [6.07, 6.45) is 0.683. The lowest BCUT2D eigenvalue weighted by molar-refractivity contribution is -0.106. The van der Waals surface area contributed by atoms with Crippen LogP contribution in [0.3, 0.4) is 0 Å². The zero-order chi connectivity index (χ0) is 38.6. The van der Waals surface area contributed by atoms with Gasteiger partial charge in [-0.25, -0.2) is 4.79 Å². The summed E-state index contributed by atoms with van der Waals surface area (Å²) >= 11 is 0. The van der Waals surface area contributed by atoms with Crippen LogP contribution in [0.25, 0.3) is 21.5 Å². The van der Waals surface area contributed by atoms with Gasteiger partial charge in [0.2, 0.25) is 0 Å². The van der Waals surface area contributed by atoms with E-state index in [4.69, 9.17) is 0 Å². The predicted molar refractivity (Wildman–Crippen MR) is 199 cm³/mol. The van der Waals surface area contributed by atoms with Gasteiger partial charge in [-0.05, 0) is 89.6 Å². The Morgan fingerprint density at radius 2 is 1.11 bits per heavy atom. The van der Waals surface area contributed by atoms with Gasteiger partial charge < -0.3 is 31.0 Å². The van der Waals surface area contributed by atoms with E-state index in [1.807, 2.05) is 0 Å². The lowest BCUT2D eigenvalue weighted by Crippen LogP contribution is -2.19. The first-order valence-corrected chi connectivity index (χ1v) is 18.4. The minimum absolute atomic E-state index is 0.0432. The molecule has 0 radical (unpaired) electrons. The topological polar surface area (TPSA) is 269 Å². The summed E-state index contributed by atoms with van der Waals surface area (Å²) in [4.78, 5) is 22.2. The number of nitrogens with zero attached hydrogens (tertiary/aromatic N) is 4. The fourth-order valence-corrected chi connectivity index (χ4v) is 6.56. The Morgan fingerprint density at radius 3 is 1.70 bits per heavy atom. The number of benzene rings is 6. The average Bonchev–Trinajstić information content (AvgIpc) is 3.13. The van der Waals surface area contributed by atoms with Gasteiger partial charge in [-0.3, -0.25) is 9.11 Å². The molecule has 0 heterocycles. The van der Waals surface area contributed by atoms with E-state index >= 15 is 0 Å². The number of carbonyl (C=O) groups excluding carboxylic acids is 2. The zero-order valence-electron chi connectivity index (χ0n) is 27.4. The smallest absolute Gasteiger partial charge is 0.323 e. The molecule has 19 heteroatoms. The standard InChI is InChI=1S/C35H27N7O10S2/c43-15-14-36-22-8-10-24(11-9-22)40-42-32-29(53(47,48)49)17-20-6-7-26(19-28(20)34(32)45)38-35(46)37-25-12-13-27-21(16-25)18-30(54(50,51)52)31(33(27)44)41-39-23-4-2-1-3-5-23/h1-13,15-19,36,44-45H,14H2,(H2,37,38,46)(H,47,48,49)(H,50,51,52). The molecule has 0 unspecified atom stereocenters. The fourth-order valence-electron chi connectivity index (χ4n) is 5.24. The number of aldehydes is 1. The van der Waals surface area contributed by atoms with E-state index in [0.29, 0.717) is 17.7 Å². The Hall–Kier alpha value is -6.80. The van der Waals surface area contributed by atoms with E-state index < -0.39 is 58.9 Å². The van der Waals surface area contributed by atoms with Gasteiger partial charge in [-0.2, -0.15) is 27.1 Å². The lowest BCUT2D eigenvalue weighted by atomic mass is 10.1. The molecule has 7 N–H and O–H groups in total. The molecular weight excluding hydrogens is 743 g/mol. The molecule has 0 atom stereocenters. The first-order valence-electron chi connectivity index (χ1n) is 15.5. The molecule has 0 aromatic heterocycles. The van der Waals surface area contributed by atoms with Crippen LogP contribution in [0.2, 0.25) is 0 Å². The molecule has 0 spiro atoms. The minimum atomic E-state index is -4.89. The van der Waals surface area contributed by atoms with Gasteiger partial charge in [0.05, 0.1) is 17.9 Å². The third-order valence-electron chi connectivity index (χ3n) is 7.72. The van der Waals surface area contributed by atoms with Crippen molar-refractivity contribution in [1.82, 2.24) is 0 Å². The second kappa shape index (κ2) is 15.0. The maximum absolute atomic E-state index is 13.0. The first kappa shape index (κ1) is 37.0. The lowest BCUT2D eigenvalue weighted by Gasteiger charge is -2.13. The summed E-state index contributed by atoms with van der Waals surface area (Å²) in [5.41, 5.74) is 0.463. The van der Waals surface area contributed by atoms with E-state index in [2.05, 4.69) is 36.4 Å². The molecule has 0 aliphatic carbocycles. The number of aromatic hydroxyl groups is 2. The molecule has 0 saturated carbocycles. The van der Waals surface area contributed by atoms with Crippen molar-refractivity contribution in [3.63, 3.8) is 0 Å². The Kier molecular flexibility index (Phi) is 10.3. The number of nitrogens with one attached hydrogen (secondary N) is 3. The normalized spacial score (nSPS) is 12.0. The van der Waals surface area contributed by atoms with Gasteiger partial charge >= 0.3 is 6.03 Å². The van der Waals surface area contributed by atoms with E-state index in [9.17, 15) is 45.7 Å². The minimum Gasteiger partial charge on any atom is -0.505 e. The van der Waals surface area contributed by atoms with E-state index in [0.717, 1.165) is 12.1 Å². The van der Waals surface area contributed by atoms with Gasteiger partial charge in [0.15, 0.2) is 11.5 Å². The van der Waals surface area contributed by atoms with Crippen LogP contribution in [-0.2, 0) is 25.0 Å². The summed E-state index contributed by atoms with van der Waals surface area (Å²) in [6, 6.07) is 24.2. The SMILES string of the molecule is O=CCNc1ccc(N=Nc2c(S(=O)(=O)O)cc3ccc(NC(=O)Nc4ccc5c(O)c(N=Nc6ccccc6)c(S(=O)(=O)O)cc5c4)cc3c2O)cc1. The van der Waals surface area contributed by atoms with Crippen LogP contribution in [0, 0.1) is 0 Å². The van der Waals surface area contributed by atoms with Gasteiger partial charge in [-0.1, -0.05) is 24.3 Å². The third kappa shape index (κ3) is 8.29. The van der Waals surface area contributed by atoms with Crippen LogP contribution in [-0.4, -0.2) is 55.0 Å². The van der Waals surface area contributed by atoms with E-state index in [1.54, 1.807) is 42.5 Å². The van der Waals surface area contributed by atoms with Crippen molar-refractivity contribution in [2.45, 2.75) is 9.79 Å². The number of carbonyl (C=O) groups is 2. The highest BCUT2D eigenvalue weighted by atomic mass is 32.2. The molecule has 274 valence electrons. The number of amides is 2. The monoisotopic (exact) mass is 769 g/mol. The molecule has 0 aliphatic heterocycles. The van der Waals surface area contributed by atoms with E-state index in [-0.39, 0.29) is 45.2 Å². The largest absolute Gasteiger partial charge is 0.505 e. The van der Waals surface area contributed by atoms with Crippen molar-refractivity contribution in [2.75, 3.05) is 22.5 Å². The Morgan fingerprint density at radius 1 is 0.593 bits per heavy atom. The number of anilines is 3. The number of rotatable bonds is 11. The summed E-state index contributed by atoms with van der Waals surface area (Å²) in [6.45, 7) is 0.0861. The fraction of sp³-hybridized carbons (Fsp3) is 0.0286. The molecule has 6 aromatic carbocycles. The van der Waals surface area contributed by atoms with Gasteiger partial charge in [0, 0.05) is 27.8 Å². The summed E-state index contributed by atoms with van der Waals surface area (Å²) in [7, 11) is -9.78. The van der Waals surface area contributed by atoms with Gasteiger partial charge in [0.1, 0.15) is 27.5 Å². The summed E-state index contributed by atoms with van der Waals surface area (Å²) < 4.78 is 68.8. The number of hydrogen-bond acceptors (Lipinski definition) is 13. The van der Waals surface area contributed by atoms with Crippen LogP contribution in [0.1, 0.15) is 0 Å². The Labute approximate surface area is 306 Å². The van der Waals surface area contributed by atoms with Crippen LogP contribution in [0.5, 0.6) is 11.5 Å². The van der Waals surface area contributed by atoms with Crippen molar-refractivity contribution in [3.05, 3.63) is 103 Å². The number of hydrogen-bond donors (Lipinski definition) is 7. The Balaban J connectivity index is 1.27. The van der Waals surface area contributed by atoms with Crippen LogP contribution in [0.15, 0.2) is 133 Å². The molecule has 6 aromatic rings. The Bertz CT molecular complexity index is 2730. The second-order valence-corrected chi connectivity index (χ2v) is 14.2. The highest BCUT2D eigenvalue weighted by molar-refractivity contribution is 7.86. The summed E-state index contributed by atoms with van der Waals surface area (Å²) in [5.74, 6) is -1.24. The van der Waals surface area contributed by atoms with Crippen molar-refractivity contribution in [2.24, 2.45) is 20.5 Å². The third-order valence-corrected chi connectivity index (χ3v) is 9.45. The molecule has 0 bridgehead atoms. The maximum atomic E-state index is 13.0. The van der Waals surface area contributed by atoms with Crippen molar-refractivity contribution in [3.8, 4) is 11.5 Å². The second-order valence-electron chi connectivity index (χ2n) is 11.4. The quantitative estimate of drug-likeness (QED) is 0.0377. The number of phenols is 2. The molecule has 0 fully saturated rings. The molecule has 0 aliphatic rings. The molecule has 54 heavy (non-hydrogen) atoms. The highest BCUT2D eigenvalue weighted by Crippen LogP contribution is 2.43. The van der Waals surface area contributed by atoms with Crippen molar-refractivity contribution >= 4 is 93.9 Å². The van der Waals surface area contributed by atoms with Crippen LogP contribution < -0.4 is 16.0 Å². The van der Waals surface area contributed by atoms with E-state index in [1.165, 1.54) is 48.5 Å². The zero-order valence-corrected chi connectivity index (χ0v) is 29.1. The van der Waals surface area contributed by atoms with Gasteiger partial charge in [0.25, 0.3) is 20.2 Å². The molecule has 6 rings (SSSR count). The van der Waals surface area contributed by atoms with Crippen LogP contribution >= 0.6 is 0 Å². The molecular formula is C35H27N7O10S2. The van der Waals surface area contributed by atoms with Crippen LogP contribution in [0.4, 0.5) is 44.6 Å². The number of urea groups is 1. The van der Waals surface area contributed by atoms with Gasteiger partial charge in [-0.15, -0.1) is 10.2 Å². The van der Waals surface area contributed by atoms with Crippen molar-refractivity contribution < 1.29 is 45.7 Å².